The van der Waals surface area contributed by atoms with Crippen molar-refractivity contribution in [2.45, 2.75) is 17.7 Å². The van der Waals surface area contributed by atoms with Crippen molar-refractivity contribution < 1.29 is 26.2 Å². The average molecular weight is 353 g/mol. The summed E-state index contributed by atoms with van der Waals surface area (Å²) in [5, 5.41) is 0. The number of nitrogens with zero attached hydrogens (tertiary/aromatic N) is 1. The summed E-state index contributed by atoms with van der Waals surface area (Å²) in [5.74, 6) is -2.57. The molecule has 0 spiro atoms. The van der Waals surface area contributed by atoms with Crippen molar-refractivity contribution in [3.05, 3.63) is 54.1 Å². The third kappa shape index (κ3) is 3.09. The molecule has 0 atom stereocenters. The maximum Gasteiger partial charge on any atom is 0.345 e. The van der Waals surface area contributed by atoms with E-state index in [2.05, 4.69) is 0 Å². The first-order valence-electron chi connectivity index (χ1n) is 7.17. The Labute approximate surface area is 137 Å². The van der Waals surface area contributed by atoms with E-state index in [1.165, 1.54) is 24.3 Å². The van der Waals surface area contributed by atoms with Crippen LogP contribution in [0.25, 0.3) is 0 Å². The van der Waals surface area contributed by atoms with Crippen molar-refractivity contribution in [1.82, 2.24) is 0 Å². The highest BCUT2D eigenvalue weighted by Crippen LogP contribution is 2.27. The van der Waals surface area contributed by atoms with Gasteiger partial charge in [-0.15, -0.1) is 0 Å². The molecule has 126 valence electrons. The molecule has 1 amide bonds. The fraction of sp³-hybridized carbons (Fsp3) is 0.188. The first kappa shape index (κ1) is 16.4. The molecule has 1 fully saturated rings. The Morgan fingerprint density at radius 2 is 1.62 bits per heavy atom. The van der Waals surface area contributed by atoms with Crippen molar-refractivity contribution in [2.24, 2.45) is 0 Å². The second-order valence-electron chi connectivity index (χ2n) is 5.23. The van der Waals surface area contributed by atoms with Crippen LogP contribution in [0.4, 0.5) is 14.5 Å². The first-order valence-corrected chi connectivity index (χ1v) is 8.58. The van der Waals surface area contributed by atoms with E-state index >= 15 is 0 Å². The molecule has 0 unspecified atom stereocenters. The van der Waals surface area contributed by atoms with Crippen LogP contribution in [-0.4, -0.2) is 20.9 Å². The second-order valence-corrected chi connectivity index (χ2v) is 6.71. The molecule has 5 nitrogen and oxygen atoms in total. The molecular formula is C16H13F2NO4S. The van der Waals surface area contributed by atoms with Crippen LogP contribution in [0.5, 0.6) is 5.75 Å². The standard InChI is InChI=1S/C16H13F2NO4S/c17-13-3-1-4-14(18)16(13)24(21,22)23-12-8-6-11(7-9-12)19-10-2-5-15(19)20/h1,3-4,6-9H,2,5,10H2. The summed E-state index contributed by atoms with van der Waals surface area (Å²) in [7, 11) is -4.65. The van der Waals surface area contributed by atoms with Crippen molar-refractivity contribution in [2.75, 3.05) is 11.4 Å². The molecule has 8 heteroatoms. The number of carbonyl (C=O) groups is 1. The van der Waals surface area contributed by atoms with Gasteiger partial charge in [-0.2, -0.15) is 8.42 Å². The number of amides is 1. The van der Waals surface area contributed by atoms with Crippen molar-refractivity contribution in [1.29, 1.82) is 0 Å². The van der Waals surface area contributed by atoms with Crippen molar-refractivity contribution in [3.63, 3.8) is 0 Å². The van der Waals surface area contributed by atoms with Crippen LogP contribution in [0.3, 0.4) is 0 Å². The number of halogens is 2. The molecule has 3 rings (SSSR count). The summed E-state index contributed by atoms with van der Waals surface area (Å²) in [4.78, 5) is 12.1. The Bertz CT molecular complexity index is 861. The van der Waals surface area contributed by atoms with Crippen LogP contribution in [0.15, 0.2) is 47.4 Å². The third-order valence-electron chi connectivity index (χ3n) is 3.60. The van der Waals surface area contributed by atoms with Gasteiger partial charge in [0.1, 0.15) is 17.4 Å². The van der Waals surface area contributed by atoms with E-state index in [-0.39, 0.29) is 11.7 Å². The fourth-order valence-corrected chi connectivity index (χ4v) is 3.55. The van der Waals surface area contributed by atoms with Gasteiger partial charge in [0, 0.05) is 18.7 Å². The highest BCUT2D eigenvalue weighted by molar-refractivity contribution is 7.87. The van der Waals surface area contributed by atoms with Gasteiger partial charge in [0.25, 0.3) is 0 Å². The van der Waals surface area contributed by atoms with E-state index in [1.54, 1.807) is 4.90 Å². The van der Waals surface area contributed by atoms with E-state index in [0.717, 1.165) is 24.6 Å². The van der Waals surface area contributed by atoms with Gasteiger partial charge in [-0.1, -0.05) is 6.07 Å². The largest absolute Gasteiger partial charge is 0.379 e. The van der Waals surface area contributed by atoms with E-state index in [0.29, 0.717) is 18.7 Å². The molecule has 1 aliphatic heterocycles. The van der Waals surface area contributed by atoms with Crippen molar-refractivity contribution >= 4 is 21.7 Å². The summed E-state index contributed by atoms with van der Waals surface area (Å²) < 4.78 is 56.2. The lowest BCUT2D eigenvalue weighted by atomic mass is 10.3. The molecule has 0 radical (unpaired) electrons. The van der Waals surface area contributed by atoms with Gasteiger partial charge in [0.2, 0.25) is 5.91 Å². The zero-order valence-electron chi connectivity index (χ0n) is 12.4. The minimum Gasteiger partial charge on any atom is -0.379 e. The number of rotatable bonds is 4. The molecule has 0 bridgehead atoms. The minimum atomic E-state index is -4.65. The maximum absolute atomic E-state index is 13.6. The minimum absolute atomic E-state index is 0.00952. The lowest BCUT2D eigenvalue weighted by Gasteiger charge is -2.16. The van der Waals surface area contributed by atoms with E-state index in [4.69, 9.17) is 4.18 Å². The molecule has 1 saturated heterocycles. The number of carbonyl (C=O) groups excluding carboxylic acids is 1. The van der Waals surface area contributed by atoms with Crippen LogP contribution < -0.4 is 9.08 Å². The predicted molar refractivity (Wildman–Crippen MR) is 82.2 cm³/mol. The number of anilines is 1. The van der Waals surface area contributed by atoms with Gasteiger partial charge in [0.05, 0.1) is 0 Å². The normalized spacial score (nSPS) is 14.9. The summed E-state index contributed by atoms with van der Waals surface area (Å²) in [5.41, 5.74) is 0.610. The molecule has 24 heavy (non-hydrogen) atoms. The van der Waals surface area contributed by atoms with Crippen LogP contribution in [0.2, 0.25) is 0 Å². The molecule has 1 heterocycles. The smallest absolute Gasteiger partial charge is 0.345 e. The molecule has 2 aromatic carbocycles. The van der Waals surface area contributed by atoms with Gasteiger partial charge in [0.15, 0.2) is 4.90 Å². The molecule has 0 aliphatic carbocycles. The second kappa shape index (κ2) is 6.20. The fourth-order valence-electron chi connectivity index (χ4n) is 2.49. The molecule has 0 aromatic heterocycles. The Balaban J connectivity index is 1.84. The van der Waals surface area contributed by atoms with Crippen LogP contribution in [-0.2, 0) is 14.9 Å². The Kier molecular flexibility index (Phi) is 4.23. The third-order valence-corrected chi connectivity index (χ3v) is 4.90. The number of benzene rings is 2. The zero-order chi connectivity index (χ0) is 17.3. The lowest BCUT2D eigenvalue weighted by Crippen LogP contribution is -2.23. The van der Waals surface area contributed by atoms with Gasteiger partial charge in [-0.25, -0.2) is 8.78 Å². The Morgan fingerprint density at radius 3 is 2.17 bits per heavy atom. The summed E-state index contributed by atoms with van der Waals surface area (Å²) >= 11 is 0. The number of hydrogen-bond acceptors (Lipinski definition) is 4. The maximum atomic E-state index is 13.6. The number of hydrogen-bond donors (Lipinski definition) is 0. The highest BCUT2D eigenvalue weighted by Gasteiger charge is 2.26. The van der Waals surface area contributed by atoms with Crippen LogP contribution in [0.1, 0.15) is 12.8 Å². The Morgan fingerprint density at radius 1 is 1.00 bits per heavy atom. The van der Waals surface area contributed by atoms with Gasteiger partial charge in [-0.05, 0) is 42.8 Å². The van der Waals surface area contributed by atoms with E-state index in [1.807, 2.05) is 0 Å². The molecule has 0 saturated carbocycles. The van der Waals surface area contributed by atoms with Gasteiger partial charge < -0.3 is 9.08 Å². The average Bonchev–Trinajstić information content (AvgIpc) is 2.93. The van der Waals surface area contributed by atoms with Crippen LogP contribution in [0, 0.1) is 11.6 Å². The predicted octanol–water partition coefficient (Wildman–Crippen LogP) is 2.86. The summed E-state index contributed by atoms with van der Waals surface area (Å²) in [6, 6.07) is 8.43. The van der Waals surface area contributed by atoms with Gasteiger partial charge in [-0.3, -0.25) is 4.79 Å². The summed E-state index contributed by atoms with van der Waals surface area (Å²) in [6.45, 7) is 0.595. The molecule has 0 N–H and O–H groups in total. The molecule has 1 aliphatic rings. The summed E-state index contributed by atoms with van der Waals surface area (Å²) in [6.07, 6.45) is 1.23. The highest BCUT2D eigenvalue weighted by atomic mass is 32.2. The zero-order valence-corrected chi connectivity index (χ0v) is 13.2. The Hall–Kier alpha value is -2.48. The van der Waals surface area contributed by atoms with Crippen LogP contribution >= 0.6 is 0 Å². The first-order chi connectivity index (χ1) is 11.4. The lowest BCUT2D eigenvalue weighted by molar-refractivity contribution is -0.117. The molecule has 2 aromatic rings. The van der Waals surface area contributed by atoms with Gasteiger partial charge >= 0.3 is 10.1 Å². The SMILES string of the molecule is O=C1CCCN1c1ccc(OS(=O)(=O)c2c(F)cccc2F)cc1. The quantitative estimate of drug-likeness (QED) is 0.793. The molecular weight excluding hydrogens is 340 g/mol. The van der Waals surface area contributed by atoms with Crippen molar-refractivity contribution in [3.8, 4) is 5.75 Å². The van der Waals surface area contributed by atoms with E-state index < -0.39 is 26.6 Å². The monoisotopic (exact) mass is 353 g/mol. The topological polar surface area (TPSA) is 63.7 Å². The van der Waals surface area contributed by atoms with E-state index in [9.17, 15) is 22.0 Å².